The van der Waals surface area contributed by atoms with E-state index in [1.165, 1.54) is 21.3 Å². The van der Waals surface area contributed by atoms with Crippen LogP contribution in [0.15, 0.2) is 54.6 Å². The third kappa shape index (κ3) is 3.40. The molecule has 184 valence electrons. The molecule has 3 amide bonds. The third-order valence-corrected chi connectivity index (χ3v) is 6.68. The van der Waals surface area contributed by atoms with E-state index in [0.717, 1.165) is 16.0 Å². The number of benzene rings is 3. The average molecular weight is 487 g/mol. The zero-order chi connectivity index (χ0) is 25.7. The van der Waals surface area contributed by atoms with E-state index in [2.05, 4.69) is 0 Å². The molecule has 2 atom stereocenters. The van der Waals surface area contributed by atoms with Crippen LogP contribution in [0.2, 0.25) is 0 Å². The summed E-state index contributed by atoms with van der Waals surface area (Å²) in [5.74, 6) is -0.0730. The summed E-state index contributed by atoms with van der Waals surface area (Å²) in [6.07, 6.45) is 0. The Morgan fingerprint density at radius 2 is 1.19 bits per heavy atom. The molecule has 0 N–H and O–H groups in total. The first-order valence-corrected chi connectivity index (χ1v) is 11.5. The quantitative estimate of drug-likeness (QED) is 0.386. The van der Waals surface area contributed by atoms with E-state index in [9.17, 15) is 14.4 Å². The normalized spacial score (nSPS) is 18.8. The molecular weight excluding hydrogens is 460 g/mol. The topological polar surface area (TPSA) is 85.4 Å². The number of ether oxygens (including phenoxy) is 3. The molecule has 1 fully saturated rings. The van der Waals surface area contributed by atoms with Gasteiger partial charge in [0.2, 0.25) is 5.75 Å². The number of methoxy groups -OCH3 is 3. The molecule has 0 aliphatic carbocycles. The number of nitrogens with zero attached hydrogens (tertiary/aromatic N) is 2. The first-order valence-electron chi connectivity index (χ1n) is 11.5. The molecule has 2 aliphatic rings. The summed E-state index contributed by atoms with van der Waals surface area (Å²) >= 11 is 0. The van der Waals surface area contributed by atoms with Gasteiger partial charge in [-0.2, -0.15) is 0 Å². The number of fused-ring (bicyclic) bond motifs is 1. The maximum absolute atomic E-state index is 13.7. The summed E-state index contributed by atoms with van der Waals surface area (Å²) in [5, 5.41) is 0. The summed E-state index contributed by atoms with van der Waals surface area (Å²) in [6.45, 7) is 3.91. The Balaban J connectivity index is 1.67. The van der Waals surface area contributed by atoms with Gasteiger partial charge in [-0.3, -0.25) is 19.3 Å². The Hall–Kier alpha value is -4.33. The van der Waals surface area contributed by atoms with Gasteiger partial charge >= 0.3 is 0 Å². The number of amides is 3. The number of imide groups is 1. The second-order valence-electron chi connectivity index (χ2n) is 8.93. The second kappa shape index (κ2) is 8.71. The molecule has 1 saturated heterocycles. The van der Waals surface area contributed by atoms with Crippen LogP contribution in [0.1, 0.15) is 43.4 Å². The fraction of sp³-hybridized carbons (Fsp3) is 0.250. The standard InChI is InChI=1S/C28H26N2O6/c1-15-10-16(2)12-18(11-15)29-23(17-13-21(34-3)25(36-5)22(14-17)35-4)24(28(29)33)30-26(31)19-8-6-7-9-20(19)27(30)32/h6-14,23-24H,1-5H3/t23-,24+/m0/s1. The van der Waals surface area contributed by atoms with Crippen LogP contribution in [0.25, 0.3) is 0 Å². The van der Waals surface area contributed by atoms with Gasteiger partial charge in [-0.15, -0.1) is 0 Å². The summed E-state index contributed by atoms with van der Waals surface area (Å²) < 4.78 is 16.5. The van der Waals surface area contributed by atoms with Gasteiger partial charge in [0.25, 0.3) is 17.7 Å². The lowest BCUT2D eigenvalue weighted by Crippen LogP contribution is -2.67. The molecule has 3 aromatic rings. The van der Waals surface area contributed by atoms with E-state index in [1.54, 1.807) is 41.3 Å². The van der Waals surface area contributed by atoms with Gasteiger partial charge in [0.15, 0.2) is 11.5 Å². The lowest BCUT2D eigenvalue weighted by atomic mass is 9.85. The molecule has 0 radical (unpaired) electrons. The third-order valence-electron chi connectivity index (χ3n) is 6.68. The van der Waals surface area contributed by atoms with E-state index in [4.69, 9.17) is 14.2 Å². The molecule has 0 aromatic heterocycles. The fourth-order valence-electron chi connectivity index (χ4n) is 5.17. The van der Waals surface area contributed by atoms with Crippen molar-refractivity contribution >= 4 is 23.4 Å². The Labute approximate surface area is 209 Å². The van der Waals surface area contributed by atoms with Gasteiger partial charge in [-0.25, -0.2) is 0 Å². The molecule has 2 heterocycles. The van der Waals surface area contributed by atoms with E-state index < -0.39 is 23.9 Å². The highest BCUT2D eigenvalue weighted by Gasteiger charge is 2.57. The summed E-state index contributed by atoms with van der Waals surface area (Å²) in [7, 11) is 4.53. The highest BCUT2D eigenvalue weighted by Crippen LogP contribution is 2.48. The van der Waals surface area contributed by atoms with Crippen LogP contribution in [0.5, 0.6) is 17.2 Å². The molecule has 5 rings (SSSR count). The second-order valence-corrected chi connectivity index (χ2v) is 8.93. The van der Waals surface area contributed by atoms with Crippen molar-refractivity contribution in [2.24, 2.45) is 0 Å². The maximum Gasteiger partial charge on any atom is 0.262 e. The van der Waals surface area contributed by atoms with Gasteiger partial charge in [-0.1, -0.05) is 18.2 Å². The molecule has 8 heteroatoms. The van der Waals surface area contributed by atoms with Crippen LogP contribution >= 0.6 is 0 Å². The number of anilines is 1. The molecule has 36 heavy (non-hydrogen) atoms. The fourth-order valence-corrected chi connectivity index (χ4v) is 5.17. The van der Waals surface area contributed by atoms with Gasteiger partial charge in [-0.05, 0) is 66.9 Å². The number of aryl methyl sites for hydroxylation is 2. The molecule has 0 spiro atoms. The van der Waals surface area contributed by atoms with Crippen molar-refractivity contribution in [3.8, 4) is 17.2 Å². The molecule has 3 aromatic carbocycles. The molecule has 0 unspecified atom stereocenters. The lowest BCUT2D eigenvalue weighted by Gasteiger charge is -2.50. The Bertz CT molecular complexity index is 1330. The summed E-state index contributed by atoms with van der Waals surface area (Å²) in [5.41, 5.74) is 3.90. The monoisotopic (exact) mass is 486 g/mol. The SMILES string of the molecule is COc1cc([C@H]2[C@@H](N3C(=O)c4ccccc4C3=O)C(=O)N2c2cc(C)cc(C)c2)cc(OC)c1OC. The molecule has 0 saturated carbocycles. The minimum atomic E-state index is -1.03. The number of carbonyl (C=O) groups is 3. The predicted octanol–water partition coefficient (Wildman–Crippen LogP) is 4.08. The Kier molecular flexibility index (Phi) is 5.67. The number of rotatable bonds is 6. The smallest absolute Gasteiger partial charge is 0.262 e. The van der Waals surface area contributed by atoms with Crippen LogP contribution in [0, 0.1) is 13.8 Å². The van der Waals surface area contributed by atoms with Crippen molar-refractivity contribution in [2.75, 3.05) is 26.2 Å². The molecule has 0 bridgehead atoms. The van der Waals surface area contributed by atoms with E-state index in [0.29, 0.717) is 39.6 Å². The van der Waals surface area contributed by atoms with Crippen molar-refractivity contribution in [2.45, 2.75) is 25.9 Å². The maximum atomic E-state index is 13.7. The number of hydrogen-bond donors (Lipinski definition) is 0. The number of hydrogen-bond acceptors (Lipinski definition) is 6. The lowest BCUT2D eigenvalue weighted by molar-refractivity contribution is -0.130. The first kappa shape index (κ1) is 23.4. The van der Waals surface area contributed by atoms with Crippen LogP contribution in [-0.2, 0) is 4.79 Å². The van der Waals surface area contributed by atoms with Crippen LogP contribution < -0.4 is 19.1 Å². The minimum absolute atomic E-state index is 0.295. The summed E-state index contributed by atoms with van der Waals surface area (Å²) in [6, 6.07) is 14.3. The number of β-lactam (4-membered cyclic amide) rings is 1. The van der Waals surface area contributed by atoms with Crippen molar-refractivity contribution in [1.29, 1.82) is 0 Å². The van der Waals surface area contributed by atoms with Crippen LogP contribution in [0.4, 0.5) is 5.69 Å². The van der Waals surface area contributed by atoms with Crippen molar-refractivity contribution < 1.29 is 28.6 Å². The molecule has 8 nitrogen and oxygen atoms in total. The highest BCUT2D eigenvalue weighted by molar-refractivity contribution is 6.24. The van der Waals surface area contributed by atoms with Gasteiger partial charge < -0.3 is 19.1 Å². The van der Waals surface area contributed by atoms with E-state index >= 15 is 0 Å². The Morgan fingerprint density at radius 3 is 1.67 bits per heavy atom. The predicted molar refractivity (Wildman–Crippen MR) is 133 cm³/mol. The summed E-state index contributed by atoms with van der Waals surface area (Å²) in [4.78, 5) is 43.1. The van der Waals surface area contributed by atoms with Crippen molar-refractivity contribution in [3.05, 3.63) is 82.4 Å². The van der Waals surface area contributed by atoms with Gasteiger partial charge in [0, 0.05) is 5.69 Å². The zero-order valence-electron chi connectivity index (χ0n) is 20.7. The molecular formula is C28H26N2O6. The first-order chi connectivity index (χ1) is 17.3. The van der Waals surface area contributed by atoms with Gasteiger partial charge in [0.05, 0.1) is 38.5 Å². The minimum Gasteiger partial charge on any atom is -0.493 e. The van der Waals surface area contributed by atoms with E-state index in [-0.39, 0.29) is 5.91 Å². The van der Waals surface area contributed by atoms with Crippen molar-refractivity contribution in [3.63, 3.8) is 0 Å². The van der Waals surface area contributed by atoms with Gasteiger partial charge in [0.1, 0.15) is 6.04 Å². The number of carbonyl (C=O) groups excluding carboxylic acids is 3. The van der Waals surface area contributed by atoms with Crippen LogP contribution in [-0.4, -0.2) is 50.0 Å². The van der Waals surface area contributed by atoms with Crippen LogP contribution in [0.3, 0.4) is 0 Å². The van der Waals surface area contributed by atoms with E-state index in [1.807, 2.05) is 32.0 Å². The average Bonchev–Trinajstić information content (AvgIpc) is 3.11. The largest absolute Gasteiger partial charge is 0.493 e. The zero-order valence-corrected chi connectivity index (χ0v) is 20.7. The molecule has 2 aliphatic heterocycles. The highest BCUT2D eigenvalue weighted by atomic mass is 16.5. The van der Waals surface area contributed by atoms with Crippen molar-refractivity contribution in [1.82, 2.24) is 4.90 Å². The Morgan fingerprint density at radius 1 is 0.667 bits per heavy atom.